The first-order chi connectivity index (χ1) is 23.1. The standard InChI is InChI=1S/C33H46N2O12/c36-31(24-46-25-32(37)38)34-9-11-40-13-15-42-17-19-44-21-22-45-20-18-43-16-14-41-12-10-35-33(39)47-23-30-28-7-3-1-5-26(28)27-6-2-4-8-29(27)30/h1-8,30H,9-25H2,(H,34,36)(H,35,39)(H,37,38). The molecule has 0 saturated carbocycles. The Balaban J connectivity index is 1.01. The Hall–Kier alpha value is -3.63. The lowest BCUT2D eigenvalue weighted by atomic mass is 9.98. The van der Waals surface area contributed by atoms with Gasteiger partial charge in [0.25, 0.3) is 0 Å². The largest absolute Gasteiger partial charge is 0.480 e. The zero-order valence-corrected chi connectivity index (χ0v) is 26.7. The fourth-order valence-electron chi connectivity index (χ4n) is 4.62. The van der Waals surface area contributed by atoms with Crippen LogP contribution in [0, 0.1) is 0 Å². The fourth-order valence-corrected chi connectivity index (χ4v) is 4.62. The lowest BCUT2D eigenvalue weighted by Crippen LogP contribution is -2.31. The van der Waals surface area contributed by atoms with Crippen molar-refractivity contribution >= 4 is 18.0 Å². The minimum absolute atomic E-state index is 0.0277. The van der Waals surface area contributed by atoms with Crippen LogP contribution in [0.3, 0.4) is 0 Å². The number of amides is 2. The van der Waals surface area contributed by atoms with Crippen LogP contribution in [0.4, 0.5) is 4.79 Å². The number of carbonyl (C=O) groups is 3. The number of carboxylic acid groups (broad SMARTS) is 1. The van der Waals surface area contributed by atoms with Crippen molar-refractivity contribution in [2.24, 2.45) is 0 Å². The quantitative estimate of drug-likeness (QED) is 0.119. The number of rotatable bonds is 27. The van der Waals surface area contributed by atoms with Crippen molar-refractivity contribution in [2.75, 3.05) is 112 Å². The van der Waals surface area contributed by atoms with E-state index in [0.717, 1.165) is 0 Å². The normalized spacial score (nSPS) is 12.0. The molecule has 0 fully saturated rings. The second-order valence-corrected chi connectivity index (χ2v) is 10.2. The number of hydrogen-bond donors (Lipinski definition) is 3. The van der Waals surface area contributed by atoms with Crippen LogP contribution in [0.1, 0.15) is 17.0 Å². The monoisotopic (exact) mass is 662 g/mol. The zero-order valence-electron chi connectivity index (χ0n) is 26.7. The second kappa shape index (κ2) is 23.7. The van der Waals surface area contributed by atoms with E-state index in [2.05, 4.69) is 39.6 Å². The van der Waals surface area contributed by atoms with Crippen LogP contribution in [0.5, 0.6) is 0 Å². The highest BCUT2D eigenvalue weighted by Crippen LogP contribution is 2.44. The number of nitrogens with one attached hydrogen (secondary N) is 2. The van der Waals surface area contributed by atoms with Gasteiger partial charge in [0.1, 0.15) is 19.8 Å². The third-order valence-electron chi connectivity index (χ3n) is 6.75. The van der Waals surface area contributed by atoms with Crippen molar-refractivity contribution < 1.29 is 57.4 Å². The first-order valence-electron chi connectivity index (χ1n) is 15.7. The summed E-state index contributed by atoms with van der Waals surface area (Å²) in [6.07, 6.45) is -0.465. The van der Waals surface area contributed by atoms with E-state index >= 15 is 0 Å². The Morgan fingerprint density at radius 3 is 1.45 bits per heavy atom. The summed E-state index contributed by atoms with van der Waals surface area (Å²) < 4.78 is 42.8. The van der Waals surface area contributed by atoms with E-state index in [1.807, 2.05) is 24.3 Å². The molecule has 0 heterocycles. The zero-order chi connectivity index (χ0) is 33.4. The predicted molar refractivity (Wildman–Crippen MR) is 169 cm³/mol. The van der Waals surface area contributed by atoms with Crippen molar-refractivity contribution in [1.29, 1.82) is 0 Å². The van der Waals surface area contributed by atoms with Gasteiger partial charge in [-0.05, 0) is 22.3 Å². The molecule has 0 bridgehead atoms. The van der Waals surface area contributed by atoms with Crippen LogP contribution in [-0.2, 0) is 47.5 Å². The van der Waals surface area contributed by atoms with E-state index in [9.17, 15) is 14.4 Å². The SMILES string of the molecule is O=C(O)COCC(=O)NCCOCCOCCOCCOCCOCCOCCNC(=O)OCC1c2ccccc2-c2ccccc21. The molecule has 0 saturated heterocycles. The van der Waals surface area contributed by atoms with Crippen LogP contribution < -0.4 is 10.6 Å². The molecule has 47 heavy (non-hydrogen) atoms. The highest BCUT2D eigenvalue weighted by Gasteiger charge is 2.28. The summed E-state index contributed by atoms with van der Waals surface area (Å²) in [6, 6.07) is 16.4. The minimum Gasteiger partial charge on any atom is -0.480 e. The molecule has 2 amide bonds. The summed E-state index contributed by atoms with van der Waals surface area (Å²) in [4.78, 5) is 33.9. The van der Waals surface area contributed by atoms with Crippen LogP contribution in [0.25, 0.3) is 11.1 Å². The van der Waals surface area contributed by atoms with Crippen LogP contribution in [0.2, 0.25) is 0 Å². The fraction of sp³-hybridized carbons (Fsp3) is 0.545. The molecule has 3 N–H and O–H groups in total. The second-order valence-electron chi connectivity index (χ2n) is 10.2. The maximum Gasteiger partial charge on any atom is 0.407 e. The summed E-state index contributed by atoms with van der Waals surface area (Å²) in [7, 11) is 0. The average Bonchev–Trinajstić information content (AvgIpc) is 3.39. The molecule has 14 nitrogen and oxygen atoms in total. The molecule has 3 rings (SSSR count). The molecular weight excluding hydrogens is 616 g/mol. The van der Waals surface area contributed by atoms with Gasteiger partial charge in [0.05, 0.1) is 79.3 Å². The van der Waals surface area contributed by atoms with Gasteiger partial charge in [-0.2, -0.15) is 0 Å². The smallest absolute Gasteiger partial charge is 0.407 e. The molecule has 2 aromatic carbocycles. The van der Waals surface area contributed by atoms with Gasteiger partial charge < -0.3 is 53.6 Å². The van der Waals surface area contributed by atoms with E-state index in [1.54, 1.807) is 0 Å². The maximum atomic E-state index is 12.2. The molecule has 0 unspecified atom stereocenters. The highest BCUT2D eigenvalue weighted by molar-refractivity contribution is 5.79. The van der Waals surface area contributed by atoms with Gasteiger partial charge in [0.2, 0.25) is 5.91 Å². The van der Waals surface area contributed by atoms with Gasteiger partial charge in [-0.25, -0.2) is 9.59 Å². The number of aliphatic carboxylic acids is 1. The highest BCUT2D eigenvalue weighted by atomic mass is 16.6. The summed E-state index contributed by atoms with van der Waals surface area (Å²) in [5.74, 6) is -1.50. The van der Waals surface area contributed by atoms with E-state index in [1.165, 1.54) is 22.3 Å². The first kappa shape index (κ1) is 37.8. The van der Waals surface area contributed by atoms with Crippen molar-refractivity contribution in [1.82, 2.24) is 10.6 Å². The number of benzene rings is 2. The Morgan fingerprint density at radius 2 is 0.979 bits per heavy atom. The van der Waals surface area contributed by atoms with E-state index in [4.69, 9.17) is 38.3 Å². The molecule has 0 radical (unpaired) electrons. The molecule has 14 heteroatoms. The molecule has 0 aromatic heterocycles. The third kappa shape index (κ3) is 15.7. The summed E-state index contributed by atoms with van der Waals surface area (Å²) in [5, 5.41) is 13.7. The van der Waals surface area contributed by atoms with Crippen molar-refractivity contribution in [3.05, 3.63) is 59.7 Å². The van der Waals surface area contributed by atoms with Gasteiger partial charge in [0.15, 0.2) is 0 Å². The van der Waals surface area contributed by atoms with Crippen LogP contribution in [-0.4, -0.2) is 135 Å². The number of alkyl carbamates (subject to hydrolysis) is 1. The van der Waals surface area contributed by atoms with Gasteiger partial charge in [-0.3, -0.25) is 4.79 Å². The molecular formula is C33H46N2O12. The summed E-state index contributed by atoms with van der Waals surface area (Å²) in [5.41, 5.74) is 4.73. The molecule has 2 aromatic rings. The number of carboxylic acids is 1. The lowest BCUT2D eigenvalue weighted by Gasteiger charge is -2.14. The van der Waals surface area contributed by atoms with E-state index < -0.39 is 24.6 Å². The van der Waals surface area contributed by atoms with Crippen molar-refractivity contribution in [3.63, 3.8) is 0 Å². The lowest BCUT2D eigenvalue weighted by molar-refractivity contribution is -0.143. The van der Waals surface area contributed by atoms with Gasteiger partial charge in [0, 0.05) is 19.0 Å². The van der Waals surface area contributed by atoms with Crippen molar-refractivity contribution in [3.8, 4) is 11.1 Å². The molecule has 0 spiro atoms. The van der Waals surface area contributed by atoms with Gasteiger partial charge in [-0.1, -0.05) is 48.5 Å². The van der Waals surface area contributed by atoms with Crippen LogP contribution >= 0.6 is 0 Å². The number of hydrogen-bond acceptors (Lipinski definition) is 11. The van der Waals surface area contributed by atoms with Crippen molar-refractivity contribution in [2.45, 2.75) is 5.92 Å². The summed E-state index contributed by atoms with van der Waals surface area (Å²) >= 11 is 0. The average molecular weight is 663 g/mol. The predicted octanol–water partition coefficient (Wildman–Crippen LogP) is 1.84. The summed E-state index contributed by atoms with van der Waals surface area (Å²) in [6.45, 7) is 4.96. The first-order valence-corrected chi connectivity index (χ1v) is 15.7. The Labute approximate surface area is 274 Å². The topological polar surface area (TPSA) is 169 Å². The molecule has 1 aliphatic rings. The minimum atomic E-state index is -1.13. The molecule has 1 aliphatic carbocycles. The molecule has 0 atom stereocenters. The maximum absolute atomic E-state index is 12.2. The number of fused-ring (bicyclic) bond motifs is 3. The Kier molecular flexibility index (Phi) is 19.0. The van der Waals surface area contributed by atoms with Gasteiger partial charge >= 0.3 is 12.1 Å². The number of carbonyl (C=O) groups excluding carboxylic acids is 2. The Bertz CT molecular complexity index is 1150. The Morgan fingerprint density at radius 1 is 0.553 bits per heavy atom. The van der Waals surface area contributed by atoms with E-state index in [0.29, 0.717) is 92.4 Å². The van der Waals surface area contributed by atoms with E-state index in [-0.39, 0.29) is 19.1 Å². The van der Waals surface area contributed by atoms with Crippen LogP contribution in [0.15, 0.2) is 48.5 Å². The third-order valence-corrected chi connectivity index (χ3v) is 6.75. The van der Waals surface area contributed by atoms with Gasteiger partial charge in [-0.15, -0.1) is 0 Å². The number of ether oxygens (including phenoxy) is 8. The molecule has 260 valence electrons. The molecule has 0 aliphatic heterocycles.